The molecule has 1 aromatic rings. The van der Waals surface area contributed by atoms with Crippen molar-refractivity contribution in [1.82, 2.24) is 9.80 Å². The van der Waals surface area contributed by atoms with E-state index in [2.05, 4.69) is 56.7 Å². The number of piperazine rings is 1. The summed E-state index contributed by atoms with van der Waals surface area (Å²) in [5.74, 6) is 0. The van der Waals surface area contributed by atoms with Crippen LogP contribution < -0.4 is 0 Å². The van der Waals surface area contributed by atoms with E-state index in [1.807, 2.05) is 0 Å². The number of hydrogen-bond acceptors (Lipinski definition) is 3. The number of likely N-dealkylation sites (N-methyl/N-ethyl adjacent to an activating group) is 1. The predicted molar refractivity (Wildman–Crippen MR) is 84.1 cm³/mol. The standard InChI is InChI=1S/C17H28N2O/c1-12-8-13(2)17(14(3)9-12)16(20)11-19-7-6-18(5)15(4)10-19/h8-9,15-16,20H,6-7,10-11H2,1-5H3. The molecule has 20 heavy (non-hydrogen) atoms. The van der Waals surface area contributed by atoms with Gasteiger partial charge in [-0.3, -0.25) is 4.90 Å². The summed E-state index contributed by atoms with van der Waals surface area (Å²) in [6.07, 6.45) is -0.383. The molecule has 0 radical (unpaired) electrons. The van der Waals surface area contributed by atoms with E-state index >= 15 is 0 Å². The van der Waals surface area contributed by atoms with Gasteiger partial charge in [0.25, 0.3) is 0 Å². The number of aliphatic hydroxyl groups excluding tert-OH is 1. The molecule has 0 spiro atoms. The van der Waals surface area contributed by atoms with E-state index in [0.717, 1.165) is 31.7 Å². The first-order chi connectivity index (χ1) is 9.38. The van der Waals surface area contributed by atoms with Crippen molar-refractivity contribution in [2.24, 2.45) is 0 Å². The van der Waals surface area contributed by atoms with Gasteiger partial charge in [0.1, 0.15) is 0 Å². The maximum Gasteiger partial charge on any atom is 0.0922 e. The summed E-state index contributed by atoms with van der Waals surface area (Å²) >= 11 is 0. The maximum atomic E-state index is 10.6. The summed E-state index contributed by atoms with van der Waals surface area (Å²) in [6, 6.07) is 4.90. The molecular weight excluding hydrogens is 248 g/mol. The highest BCUT2D eigenvalue weighted by Crippen LogP contribution is 2.25. The molecule has 0 aromatic heterocycles. The van der Waals surface area contributed by atoms with Gasteiger partial charge in [0.05, 0.1) is 6.10 Å². The highest BCUT2D eigenvalue weighted by Gasteiger charge is 2.24. The SMILES string of the molecule is Cc1cc(C)c(C(O)CN2CCN(C)C(C)C2)c(C)c1. The van der Waals surface area contributed by atoms with E-state index in [0.29, 0.717) is 6.04 Å². The molecule has 2 atom stereocenters. The van der Waals surface area contributed by atoms with Crippen LogP contribution in [0.15, 0.2) is 12.1 Å². The minimum absolute atomic E-state index is 0.383. The molecule has 2 unspecified atom stereocenters. The summed E-state index contributed by atoms with van der Waals surface area (Å²) in [6.45, 7) is 12.5. The van der Waals surface area contributed by atoms with Crippen LogP contribution in [0.2, 0.25) is 0 Å². The first-order valence-electron chi connectivity index (χ1n) is 7.57. The van der Waals surface area contributed by atoms with Crippen LogP contribution in [0.4, 0.5) is 0 Å². The van der Waals surface area contributed by atoms with E-state index < -0.39 is 0 Å². The summed E-state index contributed by atoms with van der Waals surface area (Å²) in [4.78, 5) is 4.76. The second-order valence-corrected chi connectivity index (χ2v) is 6.42. The first kappa shape index (κ1) is 15.5. The van der Waals surface area contributed by atoms with Crippen LogP contribution in [-0.4, -0.2) is 54.2 Å². The van der Waals surface area contributed by atoms with Crippen molar-refractivity contribution in [3.8, 4) is 0 Å². The summed E-state index contributed by atoms with van der Waals surface area (Å²) in [5, 5.41) is 10.6. The molecule has 2 rings (SSSR count). The molecule has 0 amide bonds. The van der Waals surface area contributed by atoms with Crippen LogP contribution >= 0.6 is 0 Å². The third-order valence-corrected chi connectivity index (χ3v) is 4.55. The molecule has 112 valence electrons. The lowest BCUT2D eigenvalue weighted by molar-refractivity contribution is 0.0564. The Balaban J connectivity index is 2.07. The number of nitrogens with zero attached hydrogens (tertiary/aromatic N) is 2. The molecule has 1 aliphatic heterocycles. The largest absolute Gasteiger partial charge is 0.387 e. The quantitative estimate of drug-likeness (QED) is 0.917. The lowest BCUT2D eigenvalue weighted by Gasteiger charge is -2.38. The highest BCUT2D eigenvalue weighted by atomic mass is 16.3. The van der Waals surface area contributed by atoms with Crippen LogP contribution in [0.25, 0.3) is 0 Å². The topological polar surface area (TPSA) is 26.7 Å². The van der Waals surface area contributed by atoms with Gasteiger partial charge in [-0.05, 0) is 51.4 Å². The van der Waals surface area contributed by atoms with Crippen LogP contribution in [0.3, 0.4) is 0 Å². The Morgan fingerprint density at radius 3 is 2.35 bits per heavy atom. The van der Waals surface area contributed by atoms with Crippen molar-refractivity contribution >= 4 is 0 Å². The monoisotopic (exact) mass is 276 g/mol. The molecule has 0 bridgehead atoms. The molecule has 3 nitrogen and oxygen atoms in total. The zero-order chi connectivity index (χ0) is 14.9. The van der Waals surface area contributed by atoms with Crippen LogP contribution in [-0.2, 0) is 0 Å². The molecule has 1 N–H and O–H groups in total. The van der Waals surface area contributed by atoms with Gasteiger partial charge in [0.15, 0.2) is 0 Å². The van der Waals surface area contributed by atoms with E-state index in [-0.39, 0.29) is 6.10 Å². The number of aliphatic hydroxyl groups is 1. The summed E-state index contributed by atoms with van der Waals surface area (Å²) in [5.41, 5.74) is 4.79. The first-order valence-corrected chi connectivity index (χ1v) is 7.57. The van der Waals surface area contributed by atoms with Gasteiger partial charge < -0.3 is 10.0 Å². The van der Waals surface area contributed by atoms with Gasteiger partial charge in [0, 0.05) is 32.2 Å². The van der Waals surface area contributed by atoms with Crippen molar-refractivity contribution in [3.63, 3.8) is 0 Å². The molecular formula is C17H28N2O. The van der Waals surface area contributed by atoms with Crippen molar-refractivity contribution in [3.05, 3.63) is 34.4 Å². The molecule has 1 heterocycles. The predicted octanol–water partition coefficient (Wildman–Crippen LogP) is 2.28. The van der Waals surface area contributed by atoms with E-state index in [1.54, 1.807) is 0 Å². The maximum absolute atomic E-state index is 10.6. The average Bonchev–Trinajstić information content (AvgIpc) is 2.32. The van der Waals surface area contributed by atoms with Crippen LogP contribution in [0.5, 0.6) is 0 Å². The number of benzene rings is 1. The Labute approximate surface area is 123 Å². The third-order valence-electron chi connectivity index (χ3n) is 4.55. The highest BCUT2D eigenvalue weighted by molar-refractivity contribution is 5.39. The minimum Gasteiger partial charge on any atom is -0.387 e. The number of rotatable bonds is 3. The number of β-amino-alcohol motifs (C(OH)–C–C–N with tert-alkyl or cyclic N) is 1. The Morgan fingerprint density at radius 1 is 1.20 bits per heavy atom. The van der Waals surface area contributed by atoms with Gasteiger partial charge in [-0.1, -0.05) is 17.7 Å². The van der Waals surface area contributed by atoms with Gasteiger partial charge in [-0.15, -0.1) is 0 Å². The number of hydrogen-bond donors (Lipinski definition) is 1. The molecule has 1 aliphatic rings. The smallest absolute Gasteiger partial charge is 0.0922 e. The lowest BCUT2D eigenvalue weighted by atomic mass is 9.95. The third kappa shape index (κ3) is 3.40. The lowest BCUT2D eigenvalue weighted by Crippen LogP contribution is -2.50. The Bertz CT molecular complexity index is 449. The average molecular weight is 276 g/mol. The molecule has 1 saturated heterocycles. The second kappa shape index (κ2) is 6.25. The number of aryl methyl sites for hydroxylation is 3. The van der Waals surface area contributed by atoms with Gasteiger partial charge in [-0.25, -0.2) is 0 Å². The van der Waals surface area contributed by atoms with Gasteiger partial charge in [0.2, 0.25) is 0 Å². The van der Waals surface area contributed by atoms with E-state index in [9.17, 15) is 5.11 Å². The molecule has 3 heteroatoms. The molecule has 1 fully saturated rings. The molecule has 0 aliphatic carbocycles. The molecule has 0 saturated carbocycles. The van der Waals surface area contributed by atoms with Crippen molar-refractivity contribution in [1.29, 1.82) is 0 Å². The van der Waals surface area contributed by atoms with Crippen LogP contribution in [0.1, 0.15) is 35.3 Å². The fourth-order valence-corrected chi connectivity index (χ4v) is 3.34. The summed E-state index contributed by atoms with van der Waals surface area (Å²) in [7, 11) is 2.17. The molecule has 1 aromatic carbocycles. The second-order valence-electron chi connectivity index (χ2n) is 6.42. The van der Waals surface area contributed by atoms with E-state index in [4.69, 9.17) is 0 Å². The Kier molecular flexibility index (Phi) is 4.84. The van der Waals surface area contributed by atoms with E-state index in [1.165, 1.54) is 16.7 Å². The van der Waals surface area contributed by atoms with Crippen LogP contribution in [0, 0.1) is 20.8 Å². The fraction of sp³-hybridized carbons (Fsp3) is 0.647. The fourth-order valence-electron chi connectivity index (χ4n) is 3.34. The Morgan fingerprint density at radius 2 is 1.80 bits per heavy atom. The zero-order valence-corrected chi connectivity index (χ0v) is 13.5. The van der Waals surface area contributed by atoms with Gasteiger partial charge in [-0.2, -0.15) is 0 Å². The Hall–Kier alpha value is -0.900. The summed E-state index contributed by atoms with van der Waals surface area (Å²) < 4.78 is 0. The minimum atomic E-state index is -0.383. The van der Waals surface area contributed by atoms with Crippen molar-refractivity contribution in [2.75, 3.05) is 33.2 Å². The normalized spacial score (nSPS) is 23.0. The van der Waals surface area contributed by atoms with Crippen molar-refractivity contribution in [2.45, 2.75) is 39.8 Å². The zero-order valence-electron chi connectivity index (χ0n) is 13.5. The van der Waals surface area contributed by atoms with Crippen molar-refractivity contribution < 1.29 is 5.11 Å². The van der Waals surface area contributed by atoms with Gasteiger partial charge >= 0.3 is 0 Å².